The first kappa shape index (κ1) is 13.9. The van der Waals surface area contributed by atoms with Crippen molar-refractivity contribution < 1.29 is 9.90 Å². The number of benzene rings is 1. The van der Waals surface area contributed by atoms with Gasteiger partial charge in [-0.3, -0.25) is 4.79 Å². The van der Waals surface area contributed by atoms with E-state index in [1.54, 1.807) is 6.92 Å². The molecule has 1 aliphatic rings. The summed E-state index contributed by atoms with van der Waals surface area (Å²) in [5, 5.41) is 10.2. The van der Waals surface area contributed by atoms with Gasteiger partial charge in [0.1, 0.15) is 5.75 Å². The predicted octanol–water partition coefficient (Wildman–Crippen LogP) is 3.24. The Morgan fingerprint density at radius 1 is 1.32 bits per heavy atom. The Balaban J connectivity index is 2.09. The van der Waals surface area contributed by atoms with Crippen LogP contribution in [-0.2, 0) is 4.79 Å². The van der Waals surface area contributed by atoms with Crippen LogP contribution in [0.3, 0.4) is 0 Å². The van der Waals surface area contributed by atoms with Gasteiger partial charge in [-0.25, -0.2) is 0 Å². The molecule has 1 fully saturated rings. The lowest BCUT2D eigenvalue weighted by Gasteiger charge is -2.31. The number of nitrogens with zero attached hydrogens (tertiary/aromatic N) is 1. The highest BCUT2D eigenvalue weighted by Gasteiger charge is 2.23. The van der Waals surface area contributed by atoms with Crippen molar-refractivity contribution >= 4 is 5.91 Å². The summed E-state index contributed by atoms with van der Waals surface area (Å²) >= 11 is 0. The van der Waals surface area contributed by atoms with Crippen molar-refractivity contribution in [2.24, 2.45) is 0 Å². The average molecular weight is 261 g/mol. The smallest absolute Gasteiger partial charge is 0.219 e. The fourth-order valence-corrected chi connectivity index (χ4v) is 2.77. The number of phenolic OH excluding ortho intramolecular Hbond substituents is 1. The third-order valence-corrected chi connectivity index (χ3v) is 4.10. The summed E-state index contributed by atoms with van der Waals surface area (Å²) in [5.41, 5.74) is 2.20. The Morgan fingerprint density at radius 2 is 1.95 bits per heavy atom. The standard InChI is InChI=1S/C16H23NO2/c1-11(2)14-4-5-15(16(19)10-14)13-6-8-17(9-7-13)12(3)18/h4-5,10-11,13,19H,6-9H2,1-3H3. The quantitative estimate of drug-likeness (QED) is 0.887. The number of hydrogen-bond donors (Lipinski definition) is 1. The van der Waals surface area contributed by atoms with Crippen molar-refractivity contribution in [3.8, 4) is 5.75 Å². The highest BCUT2D eigenvalue weighted by molar-refractivity contribution is 5.73. The summed E-state index contributed by atoms with van der Waals surface area (Å²) in [5.74, 6) is 1.36. The monoisotopic (exact) mass is 261 g/mol. The van der Waals surface area contributed by atoms with E-state index in [1.807, 2.05) is 11.0 Å². The van der Waals surface area contributed by atoms with E-state index >= 15 is 0 Å². The average Bonchev–Trinajstić information content (AvgIpc) is 2.38. The van der Waals surface area contributed by atoms with Crippen LogP contribution in [0.1, 0.15) is 56.6 Å². The van der Waals surface area contributed by atoms with Gasteiger partial charge < -0.3 is 10.0 Å². The number of piperidine rings is 1. The Kier molecular flexibility index (Phi) is 4.13. The van der Waals surface area contributed by atoms with Crippen molar-refractivity contribution in [2.75, 3.05) is 13.1 Å². The minimum Gasteiger partial charge on any atom is -0.508 e. The molecule has 1 N–H and O–H groups in total. The van der Waals surface area contributed by atoms with E-state index in [2.05, 4.69) is 26.0 Å². The Hall–Kier alpha value is -1.51. The zero-order valence-electron chi connectivity index (χ0n) is 12.0. The topological polar surface area (TPSA) is 40.5 Å². The fraction of sp³-hybridized carbons (Fsp3) is 0.562. The molecular weight excluding hydrogens is 238 g/mol. The van der Waals surface area contributed by atoms with Crippen LogP contribution in [0.25, 0.3) is 0 Å². The van der Waals surface area contributed by atoms with E-state index in [-0.39, 0.29) is 5.91 Å². The molecule has 0 aliphatic carbocycles. The summed E-state index contributed by atoms with van der Waals surface area (Å²) in [6.07, 6.45) is 1.88. The lowest BCUT2D eigenvalue weighted by atomic mass is 9.87. The molecule has 0 aromatic heterocycles. The number of amides is 1. The van der Waals surface area contributed by atoms with Crippen LogP contribution in [0.5, 0.6) is 5.75 Å². The molecule has 2 rings (SSSR count). The minimum atomic E-state index is 0.151. The largest absolute Gasteiger partial charge is 0.508 e. The van der Waals surface area contributed by atoms with Gasteiger partial charge in [-0.1, -0.05) is 26.0 Å². The fourth-order valence-electron chi connectivity index (χ4n) is 2.77. The predicted molar refractivity (Wildman–Crippen MR) is 76.4 cm³/mol. The van der Waals surface area contributed by atoms with Crippen LogP contribution in [0.4, 0.5) is 0 Å². The molecule has 0 spiro atoms. The van der Waals surface area contributed by atoms with Gasteiger partial charge in [-0.05, 0) is 41.9 Å². The summed E-state index contributed by atoms with van der Waals surface area (Å²) < 4.78 is 0. The number of rotatable bonds is 2. The van der Waals surface area contributed by atoms with Gasteiger partial charge >= 0.3 is 0 Å². The zero-order valence-corrected chi connectivity index (χ0v) is 12.0. The zero-order chi connectivity index (χ0) is 14.0. The van der Waals surface area contributed by atoms with Crippen molar-refractivity contribution in [1.29, 1.82) is 0 Å². The van der Waals surface area contributed by atoms with Crippen molar-refractivity contribution in [1.82, 2.24) is 4.90 Å². The van der Waals surface area contributed by atoms with E-state index in [4.69, 9.17) is 0 Å². The third-order valence-electron chi connectivity index (χ3n) is 4.10. The molecule has 1 saturated heterocycles. The summed E-state index contributed by atoms with van der Waals surface area (Å²) in [7, 11) is 0. The van der Waals surface area contributed by atoms with Crippen LogP contribution in [0.2, 0.25) is 0 Å². The van der Waals surface area contributed by atoms with E-state index < -0.39 is 0 Å². The Labute approximate surface area is 115 Å². The maximum Gasteiger partial charge on any atom is 0.219 e. The number of carbonyl (C=O) groups excluding carboxylic acids is 1. The SMILES string of the molecule is CC(=O)N1CCC(c2ccc(C(C)C)cc2O)CC1. The van der Waals surface area contributed by atoms with Gasteiger partial charge in [0, 0.05) is 20.0 Å². The molecule has 1 aromatic carbocycles. The normalized spacial score (nSPS) is 16.9. The van der Waals surface area contributed by atoms with Gasteiger partial charge in [0.15, 0.2) is 0 Å². The van der Waals surface area contributed by atoms with Crippen LogP contribution in [0, 0.1) is 0 Å². The second kappa shape index (κ2) is 5.64. The molecule has 1 heterocycles. The van der Waals surface area contributed by atoms with Gasteiger partial charge in [0.2, 0.25) is 5.91 Å². The lowest BCUT2D eigenvalue weighted by Crippen LogP contribution is -2.36. The molecule has 0 radical (unpaired) electrons. The first-order chi connectivity index (χ1) is 8.99. The van der Waals surface area contributed by atoms with Gasteiger partial charge in [0.25, 0.3) is 0 Å². The third kappa shape index (κ3) is 3.09. The molecule has 3 nitrogen and oxygen atoms in total. The van der Waals surface area contributed by atoms with E-state index in [0.29, 0.717) is 17.6 Å². The van der Waals surface area contributed by atoms with Crippen molar-refractivity contribution in [3.63, 3.8) is 0 Å². The van der Waals surface area contributed by atoms with Crippen molar-refractivity contribution in [3.05, 3.63) is 29.3 Å². The number of phenols is 1. The van der Waals surface area contributed by atoms with Crippen LogP contribution < -0.4 is 0 Å². The first-order valence-electron chi connectivity index (χ1n) is 7.07. The molecule has 1 amide bonds. The molecule has 3 heteroatoms. The number of aromatic hydroxyl groups is 1. The van der Waals surface area contributed by atoms with Gasteiger partial charge in [-0.15, -0.1) is 0 Å². The summed E-state index contributed by atoms with van der Waals surface area (Å²) in [4.78, 5) is 13.2. The molecular formula is C16H23NO2. The first-order valence-corrected chi connectivity index (χ1v) is 7.07. The van der Waals surface area contributed by atoms with Gasteiger partial charge in [-0.2, -0.15) is 0 Å². The van der Waals surface area contributed by atoms with E-state index in [9.17, 15) is 9.90 Å². The Bertz CT molecular complexity index is 460. The molecule has 0 atom stereocenters. The minimum absolute atomic E-state index is 0.151. The van der Waals surface area contributed by atoms with Crippen LogP contribution in [-0.4, -0.2) is 29.0 Å². The number of hydrogen-bond acceptors (Lipinski definition) is 2. The highest BCUT2D eigenvalue weighted by Crippen LogP contribution is 2.35. The van der Waals surface area contributed by atoms with E-state index in [0.717, 1.165) is 31.5 Å². The number of likely N-dealkylation sites (tertiary alicyclic amines) is 1. The summed E-state index contributed by atoms with van der Waals surface area (Å²) in [6, 6.07) is 6.05. The number of carbonyl (C=O) groups is 1. The molecule has 0 saturated carbocycles. The molecule has 0 bridgehead atoms. The molecule has 19 heavy (non-hydrogen) atoms. The van der Waals surface area contributed by atoms with Crippen molar-refractivity contribution in [2.45, 2.75) is 45.4 Å². The lowest BCUT2D eigenvalue weighted by molar-refractivity contribution is -0.129. The molecule has 1 aromatic rings. The molecule has 104 valence electrons. The van der Waals surface area contributed by atoms with Crippen LogP contribution in [0.15, 0.2) is 18.2 Å². The molecule has 1 aliphatic heterocycles. The Morgan fingerprint density at radius 3 is 2.42 bits per heavy atom. The second-order valence-corrected chi connectivity index (χ2v) is 5.75. The molecule has 0 unspecified atom stereocenters. The van der Waals surface area contributed by atoms with Crippen LogP contribution >= 0.6 is 0 Å². The van der Waals surface area contributed by atoms with Gasteiger partial charge in [0.05, 0.1) is 0 Å². The summed E-state index contributed by atoms with van der Waals surface area (Å²) in [6.45, 7) is 7.46. The highest BCUT2D eigenvalue weighted by atomic mass is 16.3. The maximum atomic E-state index is 11.3. The second-order valence-electron chi connectivity index (χ2n) is 5.75. The van der Waals surface area contributed by atoms with E-state index in [1.165, 1.54) is 5.56 Å². The maximum absolute atomic E-state index is 11.3.